The minimum absolute atomic E-state index is 0.0654. The van der Waals surface area contributed by atoms with Crippen molar-refractivity contribution in [3.05, 3.63) is 52.6 Å². The van der Waals surface area contributed by atoms with Gasteiger partial charge in [0.1, 0.15) is 0 Å². The van der Waals surface area contributed by atoms with Crippen LogP contribution in [0.5, 0.6) is 23.0 Å². The molecule has 0 unspecified atom stereocenters. The van der Waals surface area contributed by atoms with Gasteiger partial charge in [0.25, 0.3) is 5.91 Å². The largest absolute Gasteiger partial charge is 0.502 e. The second-order valence-electron chi connectivity index (χ2n) is 5.69. The number of phenolic OH excluding ortho intramolecular Hbond substituents is 2. The van der Waals surface area contributed by atoms with Gasteiger partial charge in [-0.3, -0.25) is 4.79 Å². The molecule has 0 aliphatic heterocycles. The lowest BCUT2D eigenvalue weighted by Crippen LogP contribution is -2.00. The number of rotatable bonds is 6. The molecule has 0 fully saturated rings. The van der Waals surface area contributed by atoms with Crippen LogP contribution in [0.3, 0.4) is 0 Å². The molecule has 0 aliphatic carbocycles. The molecule has 2 N–H and O–H groups in total. The van der Waals surface area contributed by atoms with E-state index in [4.69, 9.17) is 9.47 Å². The predicted molar refractivity (Wildman–Crippen MR) is 100 cm³/mol. The zero-order valence-electron chi connectivity index (χ0n) is 15.5. The Hall–Kier alpha value is -3.42. The lowest BCUT2D eigenvalue weighted by atomic mass is 10.1. The van der Waals surface area contributed by atoms with E-state index in [1.807, 2.05) is 0 Å². The van der Waals surface area contributed by atoms with E-state index in [0.717, 1.165) is 18.3 Å². The average molecular weight is 391 g/mol. The maximum atomic E-state index is 13.8. The lowest BCUT2D eigenvalue weighted by molar-refractivity contribution is -0.114. The molecule has 0 aromatic heterocycles. The third kappa shape index (κ3) is 4.64. The van der Waals surface area contributed by atoms with Crippen LogP contribution in [0.2, 0.25) is 0 Å². The molecule has 0 radical (unpaired) electrons. The van der Waals surface area contributed by atoms with Gasteiger partial charge >= 0.3 is 0 Å². The van der Waals surface area contributed by atoms with Crippen LogP contribution in [-0.2, 0) is 4.79 Å². The van der Waals surface area contributed by atoms with Gasteiger partial charge in [-0.05, 0) is 47.9 Å². The van der Waals surface area contributed by atoms with E-state index in [1.54, 1.807) is 6.92 Å². The summed E-state index contributed by atoms with van der Waals surface area (Å²) in [5, 5.41) is 19.0. The zero-order chi connectivity index (χ0) is 20.8. The van der Waals surface area contributed by atoms with Crippen LogP contribution in [0.4, 0.5) is 8.78 Å². The molecule has 0 saturated heterocycles. The maximum absolute atomic E-state index is 13.8. The fraction of sp³-hybridized carbons (Fsp3) is 0.200. The molecule has 0 heterocycles. The number of hydrogen-bond acceptors (Lipinski definition) is 5. The van der Waals surface area contributed by atoms with Gasteiger partial charge in [0, 0.05) is 11.8 Å². The van der Waals surface area contributed by atoms with E-state index in [0.29, 0.717) is 12.0 Å². The van der Waals surface area contributed by atoms with Gasteiger partial charge in [0.2, 0.25) is 0 Å². The molecule has 28 heavy (non-hydrogen) atoms. The summed E-state index contributed by atoms with van der Waals surface area (Å²) in [6, 6.07) is 4.77. The van der Waals surface area contributed by atoms with Gasteiger partial charge in [-0.15, -0.1) is 0 Å². The highest BCUT2D eigenvalue weighted by Gasteiger charge is 2.13. The van der Waals surface area contributed by atoms with Crippen molar-refractivity contribution < 1.29 is 33.3 Å². The summed E-state index contributed by atoms with van der Waals surface area (Å²) >= 11 is 0. The van der Waals surface area contributed by atoms with Crippen LogP contribution < -0.4 is 9.47 Å². The molecular weight excluding hydrogens is 372 g/mol. The third-order valence-electron chi connectivity index (χ3n) is 3.87. The number of hydrogen-bond donors (Lipinski definition) is 2. The second-order valence-corrected chi connectivity index (χ2v) is 5.69. The van der Waals surface area contributed by atoms with Crippen molar-refractivity contribution in [2.24, 2.45) is 4.99 Å². The summed E-state index contributed by atoms with van der Waals surface area (Å²) in [6.45, 7) is 1.72. The first-order chi connectivity index (χ1) is 13.3. The van der Waals surface area contributed by atoms with E-state index in [-0.39, 0.29) is 22.6 Å². The molecule has 2 aromatic carbocycles. The Morgan fingerprint density at radius 1 is 1.00 bits per heavy atom. The Balaban J connectivity index is 2.31. The Kier molecular flexibility index (Phi) is 6.70. The number of carbonyl (C=O) groups excluding carboxylic acids is 1. The number of aliphatic imine (C=N–C) groups is 1. The van der Waals surface area contributed by atoms with Gasteiger partial charge in [0.15, 0.2) is 34.6 Å². The molecule has 6 nitrogen and oxygen atoms in total. The Morgan fingerprint density at radius 3 is 2.00 bits per heavy atom. The molecule has 1 amide bonds. The standard InChI is InChI=1S/C20H19F2NO5/c1-4-13(5-11-6-14(21)18(24)16(8-11)27-2)20(26)23-10-12-7-15(22)19(25)17(9-12)28-3/h5-10,24-25H,4H2,1-3H3/b13-5+,23-10+. The summed E-state index contributed by atoms with van der Waals surface area (Å²) in [4.78, 5) is 16.1. The fourth-order valence-corrected chi connectivity index (χ4v) is 2.39. The van der Waals surface area contributed by atoms with E-state index < -0.39 is 29.0 Å². The van der Waals surface area contributed by atoms with Gasteiger partial charge in [-0.25, -0.2) is 13.8 Å². The number of aromatic hydroxyl groups is 2. The van der Waals surface area contributed by atoms with Crippen LogP contribution in [0, 0.1) is 11.6 Å². The highest BCUT2D eigenvalue weighted by Crippen LogP contribution is 2.31. The fourth-order valence-electron chi connectivity index (χ4n) is 2.39. The number of ether oxygens (including phenoxy) is 2. The van der Waals surface area contributed by atoms with Crippen LogP contribution in [-0.4, -0.2) is 36.6 Å². The Labute approximate surface area is 160 Å². The molecule has 2 rings (SSSR count). The topological polar surface area (TPSA) is 88.4 Å². The molecule has 8 heteroatoms. The van der Waals surface area contributed by atoms with Gasteiger partial charge in [0.05, 0.1) is 14.2 Å². The molecule has 148 valence electrons. The van der Waals surface area contributed by atoms with Crippen molar-refractivity contribution in [3.63, 3.8) is 0 Å². The van der Waals surface area contributed by atoms with Crippen molar-refractivity contribution >= 4 is 18.2 Å². The summed E-state index contributed by atoms with van der Waals surface area (Å²) in [6.07, 6.45) is 2.85. The highest BCUT2D eigenvalue weighted by atomic mass is 19.1. The van der Waals surface area contributed by atoms with Crippen molar-refractivity contribution in [3.8, 4) is 23.0 Å². The van der Waals surface area contributed by atoms with Crippen molar-refractivity contribution in [1.29, 1.82) is 0 Å². The molecule has 0 spiro atoms. The van der Waals surface area contributed by atoms with E-state index >= 15 is 0 Å². The number of benzene rings is 2. The number of amides is 1. The quantitative estimate of drug-likeness (QED) is 0.577. The molecule has 2 aromatic rings. The SMILES string of the molecule is CC/C(=C\c1cc(F)c(O)c(OC)c1)C(=O)/N=C/c1cc(F)c(O)c(OC)c1. The van der Waals surface area contributed by atoms with Crippen LogP contribution in [0.1, 0.15) is 24.5 Å². The molecule has 0 saturated carbocycles. The monoisotopic (exact) mass is 391 g/mol. The van der Waals surface area contributed by atoms with E-state index in [9.17, 15) is 23.8 Å². The molecule has 0 bridgehead atoms. The maximum Gasteiger partial charge on any atom is 0.272 e. The number of halogens is 2. The van der Waals surface area contributed by atoms with Gasteiger partial charge in [-0.1, -0.05) is 6.92 Å². The number of carbonyl (C=O) groups is 1. The summed E-state index contributed by atoms with van der Waals surface area (Å²) in [7, 11) is 2.55. The summed E-state index contributed by atoms with van der Waals surface area (Å²) in [5.41, 5.74) is 0.785. The minimum atomic E-state index is -0.911. The van der Waals surface area contributed by atoms with Crippen molar-refractivity contribution in [1.82, 2.24) is 0 Å². The normalized spacial score (nSPS) is 11.7. The lowest BCUT2D eigenvalue weighted by Gasteiger charge is -2.07. The number of phenols is 2. The Morgan fingerprint density at radius 2 is 1.50 bits per heavy atom. The van der Waals surface area contributed by atoms with Crippen LogP contribution >= 0.6 is 0 Å². The van der Waals surface area contributed by atoms with Gasteiger partial charge < -0.3 is 19.7 Å². The predicted octanol–water partition coefficient (Wildman–Crippen LogP) is 3.83. The van der Waals surface area contributed by atoms with Gasteiger partial charge in [-0.2, -0.15) is 0 Å². The smallest absolute Gasteiger partial charge is 0.272 e. The summed E-state index contributed by atoms with van der Waals surface area (Å²) < 4.78 is 37.1. The van der Waals surface area contributed by atoms with E-state index in [1.165, 1.54) is 32.4 Å². The van der Waals surface area contributed by atoms with Crippen molar-refractivity contribution in [2.75, 3.05) is 14.2 Å². The third-order valence-corrected chi connectivity index (χ3v) is 3.87. The van der Waals surface area contributed by atoms with Crippen molar-refractivity contribution in [2.45, 2.75) is 13.3 Å². The highest BCUT2D eigenvalue weighted by molar-refractivity contribution is 6.04. The first-order valence-electron chi connectivity index (χ1n) is 8.22. The molecule has 0 aliphatic rings. The number of methoxy groups -OCH3 is 2. The zero-order valence-corrected chi connectivity index (χ0v) is 15.5. The van der Waals surface area contributed by atoms with Crippen LogP contribution in [0.25, 0.3) is 6.08 Å². The molecular formula is C20H19F2NO5. The molecule has 0 atom stereocenters. The van der Waals surface area contributed by atoms with Crippen LogP contribution in [0.15, 0.2) is 34.8 Å². The Bertz CT molecular complexity index is 954. The minimum Gasteiger partial charge on any atom is -0.502 e. The second kappa shape index (κ2) is 8.98. The first kappa shape index (κ1) is 20.9. The number of nitrogens with zero attached hydrogens (tertiary/aromatic N) is 1. The summed E-state index contributed by atoms with van der Waals surface area (Å²) in [5.74, 6) is -3.82. The average Bonchev–Trinajstić information content (AvgIpc) is 2.68. The van der Waals surface area contributed by atoms with E-state index in [2.05, 4.69) is 4.99 Å². The first-order valence-corrected chi connectivity index (χ1v) is 8.22.